The summed E-state index contributed by atoms with van der Waals surface area (Å²) in [6.07, 6.45) is 5.34. The van der Waals surface area contributed by atoms with Gasteiger partial charge in [-0.2, -0.15) is 0 Å². The maximum atomic E-state index is 6.17. The molecule has 112 valence electrons. The molecule has 1 aliphatic carbocycles. The minimum Gasteiger partial charge on any atom is -0.330 e. The third-order valence-corrected chi connectivity index (χ3v) is 4.87. The summed E-state index contributed by atoms with van der Waals surface area (Å²) in [7, 11) is 0. The molecule has 0 saturated heterocycles. The molecule has 2 atom stereocenters. The Hall–Kier alpha value is -0.860. The van der Waals surface area contributed by atoms with E-state index in [-0.39, 0.29) is 0 Å². The lowest BCUT2D eigenvalue weighted by molar-refractivity contribution is 0.0872. The Morgan fingerprint density at radius 2 is 2.05 bits per heavy atom. The summed E-state index contributed by atoms with van der Waals surface area (Å²) in [6.45, 7) is 8.79. The average Bonchev–Trinajstić information content (AvgIpc) is 2.47. The molecule has 1 aliphatic rings. The summed E-state index contributed by atoms with van der Waals surface area (Å²) in [4.78, 5) is 2.57. The third kappa shape index (κ3) is 4.07. The second-order valence-corrected chi connectivity index (χ2v) is 6.69. The summed E-state index contributed by atoms with van der Waals surface area (Å²) in [5.41, 5.74) is 7.93. The fraction of sp³-hybridized carbons (Fsp3) is 0.667. The normalized spacial score (nSPS) is 26.9. The van der Waals surface area contributed by atoms with Crippen molar-refractivity contribution in [3.8, 4) is 0 Å². The molecule has 0 radical (unpaired) electrons. The van der Waals surface area contributed by atoms with Gasteiger partial charge < -0.3 is 5.73 Å². The van der Waals surface area contributed by atoms with Crippen molar-refractivity contribution in [1.29, 1.82) is 0 Å². The predicted molar refractivity (Wildman–Crippen MR) is 86.5 cm³/mol. The van der Waals surface area contributed by atoms with E-state index in [1.807, 2.05) is 0 Å². The molecule has 2 unspecified atom stereocenters. The average molecular weight is 274 g/mol. The summed E-state index contributed by atoms with van der Waals surface area (Å²) >= 11 is 0. The van der Waals surface area contributed by atoms with Crippen molar-refractivity contribution in [3.05, 3.63) is 35.9 Å². The molecule has 0 aliphatic heterocycles. The van der Waals surface area contributed by atoms with Crippen LogP contribution in [0.5, 0.6) is 0 Å². The van der Waals surface area contributed by atoms with Crippen molar-refractivity contribution in [2.24, 2.45) is 17.1 Å². The van der Waals surface area contributed by atoms with E-state index in [9.17, 15) is 0 Å². The van der Waals surface area contributed by atoms with Crippen LogP contribution in [-0.2, 0) is 6.54 Å². The van der Waals surface area contributed by atoms with Crippen LogP contribution < -0.4 is 5.73 Å². The van der Waals surface area contributed by atoms with Gasteiger partial charge in [0.25, 0.3) is 0 Å². The van der Waals surface area contributed by atoms with Crippen molar-refractivity contribution in [2.45, 2.75) is 46.1 Å². The first-order chi connectivity index (χ1) is 9.67. The van der Waals surface area contributed by atoms with Gasteiger partial charge in [-0.3, -0.25) is 4.90 Å². The molecule has 1 saturated carbocycles. The molecule has 0 spiro atoms. The van der Waals surface area contributed by atoms with Gasteiger partial charge in [0.2, 0.25) is 0 Å². The first-order valence-corrected chi connectivity index (χ1v) is 8.14. The topological polar surface area (TPSA) is 29.3 Å². The fourth-order valence-electron chi connectivity index (χ4n) is 3.76. The molecule has 2 nitrogen and oxygen atoms in total. The van der Waals surface area contributed by atoms with Crippen molar-refractivity contribution >= 4 is 0 Å². The lowest BCUT2D eigenvalue weighted by atomic mass is 9.69. The van der Waals surface area contributed by atoms with Crippen LogP contribution in [0.4, 0.5) is 0 Å². The standard InChI is InChI=1S/C18H30N2/c1-3-20(13-17-9-5-4-6-10-17)15-18(14-19)11-7-8-16(2)12-18/h4-6,9-10,16H,3,7-8,11-15,19H2,1-2H3. The first kappa shape index (κ1) is 15.5. The van der Waals surface area contributed by atoms with E-state index >= 15 is 0 Å². The highest BCUT2D eigenvalue weighted by Crippen LogP contribution is 2.39. The zero-order valence-electron chi connectivity index (χ0n) is 13.1. The molecule has 1 aromatic rings. The Morgan fingerprint density at radius 1 is 1.30 bits per heavy atom. The molecule has 0 bridgehead atoms. The van der Waals surface area contributed by atoms with Gasteiger partial charge in [-0.1, -0.05) is 57.0 Å². The van der Waals surface area contributed by atoms with E-state index in [1.54, 1.807) is 0 Å². The van der Waals surface area contributed by atoms with Crippen LogP contribution in [0.2, 0.25) is 0 Å². The molecule has 0 amide bonds. The van der Waals surface area contributed by atoms with Crippen LogP contribution in [0.3, 0.4) is 0 Å². The summed E-state index contributed by atoms with van der Waals surface area (Å²) in [6, 6.07) is 10.8. The molecule has 2 N–H and O–H groups in total. The number of rotatable bonds is 6. The van der Waals surface area contributed by atoms with Crippen LogP contribution in [0.15, 0.2) is 30.3 Å². The summed E-state index contributed by atoms with van der Waals surface area (Å²) < 4.78 is 0. The largest absolute Gasteiger partial charge is 0.330 e. The van der Waals surface area contributed by atoms with E-state index in [0.717, 1.165) is 32.1 Å². The molecule has 0 aromatic heterocycles. The predicted octanol–water partition coefficient (Wildman–Crippen LogP) is 3.66. The maximum absolute atomic E-state index is 6.17. The van der Waals surface area contributed by atoms with E-state index in [4.69, 9.17) is 5.73 Å². The van der Waals surface area contributed by atoms with Crippen molar-refractivity contribution in [2.75, 3.05) is 19.6 Å². The Morgan fingerprint density at radius 3 is 2.65 bits per heavy atom. The number of benzene rings is 1. The third-order valence-electron chi connectivity index (χ3n) is 4.87. The van der Waals surface area contributed by atoms with Gasteiger partial charge in [0.1, 0.15) is 0 Å². The van der Waals surface area contributed by atoms with Gasteiger partial charge in [0.05, 0.1) is 0 Å². The maximum Gasteiger partial charge on any atom is 0.0233 e. The van der Waals surface area contributed by atoms with E-state index in [0.29, 0.717) is 5.41 Å². The smallest absolute Gasteiger partial charge is 0.0233 e. The minimum atomic E-state index is 0.350. The van der Waals surface area contributed by atoms with Crippen LogP contribution in [0, 0.1) is 11.3 Å². The van der Waals surface area contributed by atoms with E-state index in [2.05, 4.69) is 49.1 Å². The van der Waals surface area contributed by atoms with Crippen molar-refractivity contribution in [3.63, 3.8) is 0 Å². The Bertz CT molecular complexity index is 390. The minimum absolute atomic E-state index is 0.350. The second-order valence-electron chi connectivity index (χ2n) is 6.69. The number of hydrogen-bond donors (Lipinski definition) is 1. The fourth-order valence-corrected chi connectivity index (χ4v) is 3.76. The monoisotopic (exact) mass is 274 g/mol. The highest BCUT2D eigenvalue weighted by atomic mass is 15.1. The zero-order chi connectivity index (χ0) is 14.4. The van der Waals surface area contributed by atoms with Gasteiger partial charge >= 0.3 is 0 Å². The summed E-state index contributed by atoms with van der Waals surface area (Å²) in [5.74, 6) is 0.836. The van der Waals surface area contributed by atoms with Crippen LogP contribution in [-0.4, -0.2) is 24.5 Å². The Labute approximate surface area is 124 Å². The van der Waals surface area contributed by atoms with Gasteiger partial charge in [0.15, 0.2) is 0 Å². The summed E-state index contributed by atoms with van der Waals surface area (Å²) in [5, 5.41) is 0. The number of nitrogens with zero attached hydrogens (tertiary/aromatic N) is 1. The van der Waals surface area contributed by atoms with Gasteiger partial charge in [-0.15, -0.1) is 0 Å². The lowest BCUT2D eigenvalue weighted by Crippen LogP contribution is -2.45. The quantitative estimate of drug-likeness (QED) is 0.857. The number of hydrogen-bond acceptors (Lipinski definition) is 2. The molecule has 2 rings (SSSR count). The second kappa shape index (κ2) is 7.24. The van der Waals surface area contributed by atoms with Crippen molar-refractivity contribution in [1.82, 2.24) is 4.90 Å². The SMILES string of the molecule is CCN(Cc1ccccc1)CC1(CN)CCCC(C)C1. The van der Waals surface area contributed by atoms with Crippen LogP contribution in [0.1, 0.15) is 45.1 Å². The zero-order valence-corrected chi connectivity index (χ0v) is 13.1. The van der Waals surface area contributed by atoms with Gasteiger partial charge in [-0.25, -0.2) is 0 Å². The van der Waals surface area contributed by atoms with Gasteiger partial charge in [-0.05, 0) is 42.8 Å². The first-order valence-electron chi connectivity index (χ1n) is 8.14. The molecule has 0 heterocycles. The molecule has 2 heteroatoms. The van der Waals surface area contributed by atoms with Gasteiger partial charge in [0, 0.05) is 13.1 Å². The molecular weight excluding hydrogens is 244 g/mol. The molecule has 1 aromatic carbocycles. The highest BCUT2D eigenvalue weighted by molar-refractivity contribution is 5.14. The van der Waals surface area contributed by atoms with E-state index < -0.39 is 0 Å². The van der Waals surface area contributed by atoms with Crippen molar-refractivity contribution < 1.29 is 0 Å². The number of nitrogens with two attached hydrogens (primary N) is 1. The van der Waals surface area contributed by atoms with E-state index in [1.165, 1.54) is 31.2 Å². The Balaban J connectivity index is 2.00. The highest BCUT2D eigenvalue weighted by Gasteiger charge is 2.34. The van der Waals surface area contributed by atoms with Crippen LogP contribution >= 0.6 is 0 Å². The molecule has 20 heavy (non-hydrogen) atoms. The lowest BCUT2D eigenvalue weighted by Gasteiger charge is -2.42. The molecular formula is C18H30N2. The Kier molecular flexibility index (Phi) is 5.62. The molecule has 1 fully saturated rings. The van der Waals surface area contributed by atoms with Crippen LogP contribution in [0.25, 0.3) is 0 Å².